The second-order valence-corrected chi connectivity index (χ2v) is 6.89. The Morgan fingerprint density at radius 2 is 2.00 bits per heavy atom. The topological polar surface area (TPSA) is 58.6 Å². The van der Waals surface area contributed by atoms with Crippen molar-refractivity contribution in [2.45, 2.75) is 37.0 Å². The predicted molar refractivity (Wildman–Crippen MR) is 84.7 cm³/mol. The summed E-state index contributed by atoms with van der Waals surface area (Å²) in [5.41, 5.74) is 1.08. The molecule has 1 aromatic rings. The summed E-state index contributed by atoms with van der Waals surface area (Å²) in [6.07, 6.45) is 1.88. The van der Waals surface area contributed by atoms with Crippen LogP contribution in [0.15, 0.2) is 30.3 Å². The lowest BCUT2D eigenvalue weighted by molar-refractivity contribution is -0.146. The Labute approximate surface area is 136 Å². The standard InChI is InChI=1S/C18H22N2O3/c1-20-11-8-9-12(20)17(21)14-13(11)16(18(22)23-2)19-15(14)10-6-4-3-5-7-10/h3-7,11-16,19H,8-9H2,1-2H3/t11?,12?,13?,14?,15-,16-/m1/s1. The number of carbonyl (C=O) groups excluding carboxylic acids is 2. The van der Waals surface area contributed by atoms with Gasteiger partial charge >= 0.3 is 5.97 Å². The molecule has 5 heteroatoms. The van der Waals surface area contributed by atoms with E-state index in [0.717, 1.165) is 18.4 Å². The van der Waals surface area contributed by atoms with Gasteiger partial charge in [-0.3, -0.25) is 19.8 Å². The van der Waals surface area contributed by atoms with Crippen LogP contribution in [0.2, 0.25) is 0 Å². The van der Waals surface area contributed by atoms with Crippen LogP contribution in [-0.4, -0.2) is 48.9 Å². The SMILES string of the molecule is COC(=O)[C@@H]1N[C@H](c2ccccc2)C2C(=O)C3CCC(C21)N3C. The van der Waals surface area contributed by atoms with Gasteiger partial charge in [-0.05, 0) is 25.5 Å². The number of Topliss-reactive ketones (excluding diaryl/α,β-unsaturated/α-hetero) is 1. The Morgan fingerprint density at radius 3 is 2.70 bits per heavy atom. The molecule has 0 amide bonds. The van der Waals surface area contributed by atoms with E-state index in [0.29, 0.717) is 0 Å². The number of esters is 1. The maximum atomic E-state index is 13.1. The summed E-state index contributed by atoms with van der Waals surface area (Å²) < 4.78 is 5.01. The minimum Gasteiger partial charge on any atom is -0.468 e. The van der Waals surface area contributed by atoms with Gasteiger partial charge in [0.2, 0.25) is 0 Å². The van der Waals surface area contributed by atoms with E-state index < -0.39 is 6.04 Å². The van der Waals surface area contributed by atoms with Gasteiger partial charge in [-0.15, -0.1) is 0 Å². The largest absolute Gasteiger partial charge is 0.468 e. The third-order valence-corrected chi connectivity index (χ3v) is 5.98. The van der Waals surface area contributed by atoms with Crippen molar-refractivity contribution in [1.82, 2.24) is 10.2 Å². The molecule has 2 bridgehead atoms. The number of likely N-dealkylation sites (N-methyl/N-ethyl adjacent to an activating group) is 1. The third kappa shape index (κ3) is 2.07. The highest BCUT2D eigenvalue weighted by Gasteiger charge is 2.61. The molecule has 0 radical (unpaired) electrons. The Balaban J connectivity index is 1.77. The van der Waals surface area contributed by atoms with E-state index in [9.17, 15) is 9.59 Å². The van der Waals surface area contributed by atoms with Crippen molar-refractivity contribution in [1.29, 1.82) is 0 Å². The number of ketones is 1. The van der Waals surface area contributed by atoms with Crippen LogP contribution in [0.4, 0.5) is 0 Å². The van der Waals surface area contributed by atoms with Gasteiger partial charge < -0.3 is 4.74 Å². The molecule has 4 rings (SSSR count). The molecular formula is C18H22N2O3. The van der Waals surface area contributed by atoms with Crippen LogP contribution in [0.5, 0.6) is 0 Å². The van der Waals surface area contributed by atoms with Gasteiger partial charge in [0, 0.05) is 23.9 Å². The molecule has 4 unspecified atom stereocenters. The molecule has 0 spiro atoms. The molecular weight excluding hydrogens is 292 g/mol. The molecule has 0 saturated carbocycles. The number of benzene rings is 1. The second kappa shape index (κ2) is 5.42. The molecule has 3 heterocycles. The fourth-order valence-corrected chi connectivity index (χ4v) is 4.97. The number of rotatable bonds is 2. The Bertz CT molecular complexity index is 632. The van der Waals surface area contributed by atoms with Gasteiger partial charge in [0.1, 0.15) is 6.04 Å². The molecule has 3 saturated heterocycles. The van der Waals surface area contributed by atoms with Crippen LogP contribution in [0.25, 0.3) is 0 Å². The second-order valence-electron chi connectivity index (χ2n) is 6.89. The summed E-state index contributed by atoms with van der Waals surface area (Å²) in [6, 6.07) is 9.74. The molecule has 1 N–H and O–H groups in total. The lowest BCUT2D eigenvalue weighted by Gasteiger charge is -2.40. The van der Waals surface area contributed by atoms with E-state index in [-0.39, 0.29) is 41.7 Å². The lowest BCUT2D eigenvalue weighted by Crippen LogP contribution is -2.55. The molecule has 6 atom stereocenters. The number of piperidine rings is 1. The molecule has 1 aromatic carbocycles. The number of ether oxygens (including phenoxy) is 1. The van der Waals surface area contributed by atoms with Gasteiger partial charge in [-0.2, -0.15) is 0 Å². The van der Waals surface area contributed by atoms with Crippen molar-refractivity contribution in [3.8, 4) is 0 Å². The van der Waals surface area contributed by atoms with E-state index in [1.165, 1.54) is 7.11 Å². The lowest BCUT2D eigenvalue weighted by atomic mass is 9.74. The number of methoxy groups -OCH3 is 1. The monoisotopic (exact) mass is 314 g/mol. The first-order valence-electron chi connectivity index (χ1n) is 8.28. The fourth-order valence-electron chi connectivity index (χ4n) is 4.97. The zero-order valence-electron chi connectivity index (χ0n) is 13.4. The average molecular weight is 314 g/mol. The van der Waals surface area contributed by atoms with Gasteiger partial charge in [0.05, 0.1) is 13.2 Å². The number of fused-ring (bicyclic) bond motifs is 4. The smallest absolute Gasteiger partial charge is 0.323 e. The number of hydrogen-bond acceptors (Lipinski definition) is 5. The minimum atomic E-state index is -0.411. The van der Waals surface area contributed by atoms with Crippen molar-refractivity contribution >= 4 is 11.8 Å². The summed E-state index contributed by atoms with van der Waals surface area (Å²) in [7, 11) is 3.43. The average Bonchev–Trinajstić information content (AvgIpc) is 3.11. The number of nitrogens with zero attached hydrogens (tertiary/aromatic N) is 1. The number of hydrogen-bond donors (Lipinski definition) is 1. The third-order valence-electron chi connectivity index (χ3n) is 5.98. The highest BCUT2D eigenvalue weighted by molar-refractivity contribution is 5.91. The van der Waals surface area contributed by atoms with Gasteiger partial charge in [-0.1, -0.05) is 30.3 Å². The van der Waals surface area contributed by atoms with Crippen LogP contribution in [-0.2, 0) is 14.3 Å². The first kappa shape index (κ1) is 14.8. The molecule has 23 heavy (non-hydrogen) atoms. The predicted octanol–water partition coefficient (Wildman–Crippen LogP) is 1.15. The van der Waals surface area contributed by atoms with E-state index in [2.05, 4.69) is 10.2 Å². The molecule has 5 nitrogen and oxygen atoms in total. The number of nitrogens with one attached hydrogen (secondary N) is 1. The zero-order chi connectivity index (χ0) is 16.1. The minimum absolute atomic E-state index is 0.00524. The first-order chi connectivity index (χ1) is 11.1. The highest BCUT2D eigenvalue weighted by Crippen LogP contribution is 2.49. The van der Waals surface area contributed by atoms with Gasteiger partial charge in [0.15, 0.2) is 5.78 Å². The fraction of sp³-hybridized carbons (Fsp3) is 0.556. The molecule has 3 fully saturated rings. The summed E-state index contributed by atoms with van der Waals surface area (Å²) in [5.74, 6) is -0.136. The van der Waals surface area contributed by atoms with Crippen LogP contribution >= 0.6 is 0 Å². The molecule has 3 aliphatic heterocycles. The summed E-state index contributed by atoms with van der Waals surface area (Å²) >= 11 is 0. The van der Waals surface area contributed by atoms with Crippen molar-refractivity contribution in [2.75, 3.05) is 14.2 Å². The van der Waals surface area contributed by atoms with Crippen LogP contribution in [0, 0.1) is 11.8 Å². The number of carbonyl (C=O) groups is 2. The molecule has 122 valence electrons. The van der Waals surface area contributed by atoms with Crippen molar-refractivity contribution in [2.24, 2.45) is 11.8 Å². The summed E-state index contributed by atoms with van der Waals surface area (Å²) in [6.45, 7) is 0. The van der Waals surface area contributed by atoms with Crippen molar-refractivity contribution in [3.05, 3.63) is 35.9 Å². The molecule has 0 aromatic heterocycles. The quantitative estimate of drug-likeness (QED) is 0.830. The Hall–Kier alpha value is -1.72. The first-order valence-corrected chi connectivity index (χ1v) is 8.28. The summed E-state index contributed by atoms with van der Waals surface area (Å²) in [5, 5.41) is 3.41. The zero-order valence-corrected chi connectivity index (χ0v) is 13.4. The normalized spacial score (nSPS) is 39.3. The van der Waals surface area contributed by atoms with Crippen LogP contribution in [0.3, 0.4) is 0 Å². The highest BCUT2D eigenvalue weighted by atomic mass is 16.5. The van der Waals surface area contributed by atoms with Crippen LogP contribution in [0.1, 0.15) is 24.4 Å². The van der Waals surface area contributed by atoms with E-state index in [4.69, 9.17) is 4.74 Å². The van der Waals surface area contributed by atoms with Crippen molar-refractivity contribution < 1.29 is 14.3 Å². The maximum Gasteiger partial charge on any atom is 0.323 e. The van der Waals surface area contributed by atoms with Gasteiger partial charge in [0.25, 0.3) is 0 Å². The molecule has 3 aliphatic rings. The summed E-state index contributed by atoms with van der Waals surface area (Å²) in [4.78, 5) is 27.6. The maximum absolute atomic E-state index is 13.1. The van der Waals surface area contributed by atoms with E-state index in [1.807, 2.05) is 37.4 Å². The van der Waals surface area contributed by atoms with Crippen molar-refractivity contribution in [3.63, 3.8) is 0 Å². The van der Waals surface area contributed by atoms with Crippen LogP contribution < -0.4 is 5.32 Å². The van der Waals surface area contributed by atoms with Gasteiger partial charge in [-0.25, -0.2) is 0 Å². The van der Waals surface area contributed by atoms with E-state index in [1.54, 1.807) is 0 Å². The Morgan fingerprint density at radius 1 is 1.26 bits per heavy atom. The molecule has 0 aliphatic carbocycles. The Kier molecular flexibility index (Phi) is 3.50. The van der Waals surface area contributed by atoms with E-state index >= 15 is 0 Å².